The maximum Gasteiger partial charge on any atom is 0.283 e. The number of amides is 1. The molecular formula is C6H13NO6S2. The molecule has 2 N–H and O–H groups in total. The summed E-state index contributed by atoms with van der Waals surface area (Å²) in [5.41, 5.74) is 0. The summed E-state index contributed by atoms with van der Waals surface area (Å²) in [7, 11) is -7.33. The van der Waals surface area contributed by atoms with Crippen molar-refractivity contribution in [3.05, 3.63) is 0 Å². The van der Waals surface area contributed by atoms with Gasteiger partial charge in [-0.1, -0.05) is 0 Å². The summed E-state index contributed by atoms with van der Waals surface area (Å²) < 4.78 is 50.0. The minimum Gasteiger partial charge on any atom is -0.340 e. The quantitative estimate of drug-likeness (QED) is 0.577. The lowest BCUT2D eigenvalue weighted by Gasteiger charge is -2.02. The fourth-order valence-electron chi connectivity index (χ4n) is 0.755. The molecule has 7 nitrogen and oxygen atoms in total. The van der Waals surface area contributed by atoms with Crippen LogP contribution in [0.3, 0.4) is 0 Å². The largest absolute Gasteiger partial charge is 0.340 e. The Hall–Kier alpha value is -0.670. The molecule has 0 saturated heterocycles. The number of nitrogens with one attached hydrogen (secondary N) is 1. The molecule has 0 spiro atoms. The molecule has 0 aromatic heterocycles. The van der Waals surface area contributed by atoms with Crippen molar-refractivity contribution < 1.29 is 26.2 Å². The second-order valence-corrected chi connectivity index (χ2v) is 6.77. The third-order valence-corrected chi connectivity index (χ3v) is 2.91. The van der Waals surface area contributed by atoms with Crippen LogP contribution < -0.4 is 5.32 Å². The lowest BCUT2D eigenvalue weighted by molar-refractivity contribution is -0.120. The van der Waals surface area contributed by atoms with E-state index in [1.165, 1.54) is 0 Å². The van der Waals surface area contributed by atoms with E-state index in [9.17, 15) is 21.6 Å². The average molecular weight is 259 g/mol. The van der Waals surface area contributed by atoms with Gasteiger partial charge >= 0.3 is 0 Å². The Labute approximate surface area is 88.5 Å². The predicted molar refractivity (Wildman–Crippen MR) is 53.5 cm³/mol. The molecule has 1 amide bonds. The Morgan fingerprint density at radius 2 is 1.80 bits per heavy atom. The second kappa shape index (κ2) is 5.42. The van der Waals surface area contributed by atoms with E-state index >= 15 is 0 Å². The van der Waals surface area contributed by atoms with Crippen LogP contribution in [0.25, 0.3) is 0 Å². The second-order valence-electron chi connectivity index (χ2n) is 3.06. The maximum atomic E-state index is 10.9. The van der Waals surface area contributed by atoms with Gasteiger partial charge in [-0.25, -0.2) is 8.42 Å². The van der Waals surface area contributed by atoms with Crippen molar-refractivity contribution in [3.63, 3.8) is 0 Å². The van der Waals surface area contributed by atoms with Gasteiger partial charge in [0.05, 0.1) is 5.75 Å². The highest BCUT2D eigenvalue weighted by atomic mass is 32.2. The fraction of sp³-hybridized carbons (Fsp3) is 0.833. The van der Waals surface area contributed by atoms with Gasteiger partial charge in [0, 0.05) is 12.7 Å². The van der Waals surface area contributed by atoms with Crippen molar-refractivity contribution >= 4 is 25.9 Å². The lowest BCUT2D eigenvalue weighted by Crippen LogP contribution is -2.29. The van der Waals surface area contributed by atoms with Crippen molar-refractivity contribution in [2.45, 2.75) is 12.8 Å². The zero-order valence-electron chi connectivity index (χ0n) is 8.13. The highest BCUT2D eigenvalue weighted by Crippen LogP contribution is 1.94. The van der Waals surface area contributed by atoms with Crippen LogP contribution in [0.4, 0.5) is 0 Å². The van der Waals surface area contributed by atoms with Crippen molar-refractivity contribution in [3.8, 4) is 0 Å². The van der Waals surface area contributed by atoms with Crippen molar-refractivity contribution in [1.29, 1.82) is 0 Å². The molecule has 0 radical (unpaired) electrons. The minimum absolute atomic E-state index is 0.0947. The smallest absolute Gasteiger partial charge is 0.283 e. The number of sulfone groups is 1. The van der Waals surface area contributed by atoms with E-state index in [1.54, 1.807) is 0 Å². The van der Waals surface area contributed by atoms with Crippen LogP contribution in [-0.4, -0.2) is 45.2 Å². The highest BCUT2D eigenvalue weighted by Gasteiger charge is 2.09. The monoisotopic (exact) mass is 259 g/mol. The Balaban J connectivity index is 3.78. The molecule has 0 saturated carbocycles. The van der Waals surface area contributed by atoms with Crippen molar-refractivity contribution in [2.75, 3.05) is 17.9 Å². The van der Waals surface area contributed by atoms with Gasteiger partial charge in [0.25, 0.3) is 10.1 Å². The van der Waals surface area contributed by atoms with Gasteiger partial charge in [-0.3, -0.25) is 9.35 Å². The lowest BCUT2D eigenvalue weighted by atomic mass is 10.3. The van der Waals surface area contributed by atoms with Gasteiger partial charge in [0.15, 0.2) is 0 Å². The van der Waals surface area contributed by atoms with Gasteiger partial charge in [0.2, 0.25) is 5.91 Å². The number of carbonyl (C=O) groups excluding carboxylic acids is 1. The summed E-state index contributed by atoms with van der Waals surface area (Å²) >= 11 is 0. The van der Waals surface area contributed by atoms with E-state index < -0.39 is 31.7 Å². The fourth-order valence-corrected chi connectivity index (χ4v) is 1.77. The van der Waals surface area contributed by atoms with Crippen molar-refractivity contribution in [2.24, 2.45) is 0 Å². The van der Waals surface area contributed by atoms with Crippen LogP contribution in [0.5, 0.6) is 0 Å². The molecule has 0 rings (SSSR count). The molecule has 0 aliphatic heterocycles. The minimum atomic E-state index is -4.22. The van der Waals surface area contributed by atoms with E-state index in [1.807, 2.05) is 5.32 Å². The average Bonchev–Trinajstić information content (AvgIpc) is 1.97. The Morgan fingerprint density at radius 1 is 1.27 bits per heavy atom. The molecule has 0 aromatic carbocycles. The van der Waals surface area contributed by atoms with E-state index in [-0.39, 0.29) is 18.6 Å². The van der Waals surface area contributed by atoms with Gasteiger partial charge in [-0.2, -0.15) is 8.42 Å². The zero-order valence-corrected chi connectivity index (χ0v) is 9.77. The predicted octanol–water partition coefficient (Wildman–Crippen LogP) is -1.23. The van der Waals surface area contributed by atoms with Gasteiger partial charge < -0.3 is 5.32 Å². The summed E-state index contributed by atoms with van der Waals surface area (Å²) in [5.74, 6) is -1.60. The molecule has 0 heterocycles. The standard InChI is InChI=1S/C6H13NO6S2/c1-14(9,10)4-2-3-6(8)7-5-15(11,12)13/h2-5H2,1H3,(H,7,8)(H,11,12,13). The van der Waals surface area contributed by atoms with Crippen LogP contribution in [0.1, 0.15) is 12.8 Å². The number of rotatable bonds is 6. The molecule has 9 heteroatoms. The third-order valence-electron chi connectivity index (χ3n) is 1.37. The molecule has 0 bridgehead atoms. The first kappa shape index (κ1) is 14.3. The summed E-state index contributed by atoms with van der Waals surface area (Å²) in [5, 5.41) is 1.94. The topological polar surface area (TPSA) is 118 Å². The Morgan fingerprint density at radius 3 is 2.20 bits per heavy atom. The first-order valence-electron chi connectivity index (χ1n) is 4.00. The first-order valence-corrected chi connectivity index (χ1v) is 7.67. The van der Waals surface area contributed by atoms with E-state index in [0.29, 0.717) is 0 Å². The molecule has 0 aliphatic rings. The number of hydrogen-bond donors (Lipinski definition) is 2. The number of hydrogen-bond acceptors (Lipinski definition) is 5. The number of carbonyl (C=O) groups is 1. The van der Waals surface area contributed by atoms with Crippen molar-refractivity contribution in [1.82, 2.24) is 5.32 Å². The van der Waals surface area contributed by atoms with Crippen LogP contribution in [0.15, 0.2) is 0 Å². The van der Waals surface area contributed by atoms with Gasteiger partial charge in [-0.15, -0.1) is 0 Å². The molecule has 0 aliphatic carbocycles. The summed E-state index contributed by atoms with van der Waals surface area (Å²) in [4.78, 5) is 10.9. The SMILES string of the molecule is CS(=O)(=O)CCCC(=O)NCS(=O)(=O)O. The van der Waals surface area contributed by atoms with Crippen LogP contribution >= 0.6 is 0 Å². The highest BCUT2D eigenvalue weighted by molar-refractivity contribution is 7.90. The molecule has 0 fully saturated rings. The van der Waals surface area contributed by atoms with E-state index in [2.05, 4.69) is 0 Å². The van der Waals surface area contributed by atoms with Gasteiger partial charge in [-0.05, 0) is 6.42 Å². The molecule has 15 heavy (non-hydrogen) atoms. The van der Waals surface area contributed by atoms with Crippen LogP contribution in [0, 0.1) is 0 Å². The third kappa shape index (κ3) is 11.3. The zero-order chi connectivity index (χ0) is 12.1. The maximum absolute atomic E-state index is 10.9. The van der Waals surface area contributed by atoms with Gasteiger partial charge in [0.1, 0.15) is 15.7 Å². The van der Waals surface area contributed by atoms with E-state index in [0.717, 1.165) is 6.26 Å². The normalized spacial score (nSPS) is 12.4. The summed E-state index contributed by atoms with van der Waals surface area (Å²) in [6, 6.07) is 0. The van der Waals surface area contributed by atoms with Crippen LogP contribution in [0.2, 0.25) is 0 Å². The first-order chi connectivity index (χ1) is 6.60. The molecule has 0 aromatic rings. The molecule has 90 valence electrons. The summed E-state index contributed by atoms with van der Waals surface area (Å²) in [6.07, 6.45) is 1.07. The Kier molecular flexibility index (Phi) is 5.18. The molecular weight excluding hydrogens is 246 g/mol. The molecule has 0 atom stereocenters. The summed E-state index contributed by atoms with van der Waals surface area (Å²) in [6.45, 7) is 0. The van der Waals surface area contributed by atoms with E-state index in [4.69, 9.17) is 4.55 Å². The van der Waals surface area contributed by atoms with Crippen LogP contribution in [-0.2, 0) is 24.7 Å². The molecule has 0 unspecified atom stereocenters. The Bertz CT molecular complexity index is 409.